The largest absolute Gasteiger partial charge is 0.616 e. The molecule has 3 atom stereocenters. The Bertz CT molecular complexity index is 831. The van der Waals surface area contributed by atoms with E-state index in [0.717, 1.165) is 0 Å². The molecule has 2 amide bonds. The van der Waals surface area contributed by atoms with Crippen LogP contribution in [0, 0.1) is 23.7 Å². The number of hydrogen-bond acceptors (Lipinski definition) is 6. The number of hydroxylamine groups is 1. The zero-order valence-electron chi connectivity index (χ0n) is 16.4. The van der Waals surface area contributed by atoms with Crippen molar-refractivity contribution in [3.05, 3.63) is 35.4 Å². The average Bonchev–Trinajstić information content (AvgIpc) is 2.70. The van der Waals surface area contributed by atoms with Crippen LogP contribution in [0.1, 0.15) is 36.2 Å². The predicted octanol–water partition coefficient (Wildman–Crippen LogP) is -0.454. The number of amides is 2. The van der Waals surface area contributed by atoms with Crippen LogP contribution in [0.15, 0.2) is 24.3 Å². The number of nitrogens with one attached hydrogen (secondary N) is 2. The van der Waals surface area contributed by atoms with Gasteiger partial charge in [0.2, 0.25) is 0 Å². The second-order valence-corrected chi connectivity index (χ2v) is 8.57. The van der Waals surface area contributed by atoms with Crippen molar-refractivity contribution in [2.24, 2.45) is 0 Å². The quantitative estimate of drug-likeness (QED) is 0.175. The van der Waals surface area contributed by atoms with Crippen molar-refractivity contribution in [1.29, 1.82) is 0 Å². The van der Waals surface area contributed by atoms with Crippen LogP contribution in [0.25, 0.3) is 0 Å². The van der Waals surface area contributed by atoms with Crippen LogP contribution in [0.2, 0.25) is 0 Å². The molecule has 29 heavy (non-hydrogen) atoms. The fourth-order valence-electron chi connectivity index (χ4n) is 2.09. The average molecular weight is 420 g/mol. The van der Waals surface area contributed by atoms with Crippen LogP contribution in [0.5, 0.6) is 0 Å². The van der Waals surface area contributed by atoms with E-state index in [1.165, 1.54) is 23.9 Å². The number of carbonyl (C=O) groups excluding carboxylic acids is 2. The molecule has 0 bridgehead atoms. The van der Waals surface area contributed by atoms with Crippen LogP contribution >= 0.6 is 0 Å². The summed E-state index contributed by atoms with van der Waals surface area (Å²) in [7, 11) is 0. The molecule has 5 N–H and O–H groups in total. The first-order chi connectivity index (χ1) is 13.6. The third-order valence-corrected chi connectivity index (χ3v) is 5.85. The zero-order chi connectivity index (χ0) is 22.0. The maximum Gasteiger partial charge on any atom is 0.271 e. The van der Waals surface area contributed by atoms with Gasteiger partial charge >= 0.3 is 0 Å². The summed E-state index contributed by atoms with van der Waals surface area (Å²) in [5.41, 5.74) is 2.33. The molecule has 0 aliphatic heterocycles. The minimum atomic E-state index is -1.46. The van der Waals surface area contributed by atoms with Gasteiger partial charge in [-0.15, -0.1) is 0 Å². The number of carbonyl (C=O) groups is 2. The summed E-state index contributed by atoms with van der Waals surface area (Å²) in [6.45, 7) is 2.73. The van der Waals surface area contributed by atoms with Crippen molar-refractivity contribution in [2.45, 2.75) is 37.2 Å². The van der Waals surface area contributed by atoms with E-state index in [4.69, 9.17) is 15.4 Å². The SMILES string of the molecule is C[S+]([O-])C(C)(C)[C@H](NC(=O)c1ccc(C#CC#CCC(O)CO)cc1)C(=O)NO. The van der Waals surface area contributed by atoms with E-state index >= 15 is 0 Å². The van der Waals surface area contributed by atoms with E-state index in [-0.39, 0.29) is 18.6 Å². The third kappa shape index (κ3) is 7.42. The molecule has 0 aromatic heterocycles. The Balaban J connectivity index is 2.87. The van der Waals surface area contributed by atoms with Gasteiger partial charge in [-0.25, -0.2) is 5.48 Å². The summed E-state index contributed by atoms with van der Waals surface area (Å²) in [4.78, 5) is 24.4. The highest BCUT2D eigenvalue weighted by molar-refractivity contribution is 7.92. The topological polar surface area (TPSA) is 142 Å². The van der Waals surface area contributed by atoms with Crippen molar-refractivity contribution in [1.82, 2.24) is 10.8 Å². The third-order valence-electron chi connectivity index (χ3n) is 4.14. The van der Waals surface area contributed by atoms with E-state index in [9.17, 15) is 14.1 Å². The Labute approximate surface area is 172 Å². The summed E-state index contributed by atoms with van der Waals surface area (Å²) < 4.78 is 10.8. The van der Waals surface area contributed by atoms with Crippen molar-refractivity contribution in [3.63, 3.8) is 0 Å². The van der Waals surface area contributed by atoms with Gasteiger partial charge in [0, 0.05) is 17.5 Å². The Morgan fingerprint density at radius 3 is 2.38 bits per heavy atom. The number of aliphatic hydroxyl groups is 2. The normalized spacial score (nSPS) is 13.6. The van der Waals surface area contributed by atoms with Gasteiger partial charge in [-0.3, -0.25) is 14.8 Å². The van der Waals surface area contributed by atoms with Gasteiger partial charge in [0.1, 0.15) is 4.75 Å². The Hall–Kier alpha value is -2.53. The van der Waals surface area contributed by atoms with Crippen LogP contribution in [0.4, 0.5) is 0 Å². The standard InChI is InChI=1S/C20H24N2O6S/c1-20(2,29(3)28)17(19(26)22-27)21-18(25)15-11-9-14(10-12-15)7-5-4-6-8-16(24)13-23/h9-12,16-17,23-24,27H,8,13H2,1-3H3,(H,21,25)(H,22,26)/t16?,17-,29?/m1/s1. The first-order valence-corrected chi connectivity index (χ1v) is 10.2. The lowest BCUT2D eigenvalue weighted by atomic mass is 10.0. The molecule has 8 nitrogen and oxygen atoms in total. The molecular weight excluding hydrogens is 396 g/mol. The highest BCUT2D eigenvalue weighted by Crippen LogP contribution is 2.21. The van der Waals surface area contributed by atoms with Crippen molar-refractivity contribution in [3.8, 4) is 23.7 Å². The lowest BCUT2D eigenvalue weighted by Crippen LogP contribution is -2.60. The number of rotatable bonds is 7. The van der Waals surface area contributed by atoms with Crippen LogP contribution < -0.4 is 10.8 Å². The van der Waals surface area contributed by atoms with Crippen molar-refractivity contribution in [2.75, 3.05) is 12.9 Å². The highest BCUT2D eigenvalue weighted by atomic mass is 32.2. The molecule has 0 fully saturated rings. The molecule has 0 heterocycles. The summed E-state index contributed by atoms with van der Waals surface area (Å²) in [6.07, 6.45) is 0.630. The Morgan fingerprint density at radius 1 is 1.24 bits per heavy atom. The summed E-state index contributed by atoms with van der Waals surface area (Å²) in [6, 6.07) is 4.99. The summed E-state index contributed by atoms with van der Waals surface area (Å²) in [5, 5.41) is 29.3. The van der Waals surface area contributed by atoms with Crippen LogP contribution in [-0.4, -0.2) is 61.5 Å². The minimum absolute atomic E-state index is 0.117. The first-order valence-electron chi connectivity index (χ1n) is 8.59. The molecular formula is C20H24N2O6S. The fraction of sp³-hybridized carbons (Fsp3) is 0.400. The van der Waals surface area contributed by atoms with Crippen molar-refractivity contribution >= 4 is 23.0 Å². The number of benzene rings is 1. The zero-order valence-corrected chi connectivity index (χ0v) is 17.2. The fourth-order valence-corrected chi connectivity index (χ4v) is 2.58. The Kier molecular flexibility index (Phi) is 9.69. The summed E-state index contributed by atoms with van der Waals surface area (Å²) >= 11 is -1.46. The minimum Gasteiger partial charge on any atom is -0.616 e. The van der Waals surface area contributed by atoms with Gasteiger partial charge in [0.15, 0.2) is 6.04 Å². The molecule has 0 saturated heterocycles. The first kappa shape index (κ1) is 24.5. The van der Waals surface area contributed by atoms with Gasteiger partial charge in [0.25, 0.3) is 11.8 Å². The molecule has 9 heteroatoms. The van der Waals surface area contributed by atoms with Gasteiger partial charge in [-0.05, 0) is 61.1 Å². The molecule has 1 rings (SSSR count). The summed E-state index contributed by atoms with van der Waals surface area (Å²) in [5.74, 6) is 9.09. The van der Waals surface area contributed by atoms with E-state index in [1.54, 1.807) is 26.0 Å². The van der Waals surface area contributed by atoms with E-state index in [1.807, 2.05) is 0 Å². The smallest absolute Gasteiger partial charge is 0.271 e. The van der Waals surface area contributed by atoms with Crippen molar-refractivity contribution < 1.29 is 29.6 Å². The maximum atomic E-state index is 12.5. The van der Waals surface area contributed by atoms with E-state index < -0.39 is 39.9 Å². The highest BCUT2D eigenvalue weighted by Gasteiger charge is 2.44. The molecule has 0 aliphatic carbocycles. The van der Waals surface area contributed by atoms with Gasteiger partial charge < -0.3 is 20.1 Å². The maximum absolute atomic E-state index is 12.5. The van der Waals surface area contributed by atoms with Gasteiger partial charge in [0.05, 0.1) is 19.0 Å². The Morgan fingerprint density at radius 2 is 1.86 bits per heavy atom. The molecule has 1 aromatic carbocycles. The molecule has 2 unspecified atom stereocenters. The monoisotopic (exact) mass is 420 g/mol. The van der Waals surface area contributed by atoms with Gasteiger partial charge in [-0.2, -0.15) is 0 Å². The molecule has 0 spiro atoms. The molecule has 1 aromatic rings. The second-order valence-electron chi connectivity index (χ2n) is 6.61. The predicted molar refractivity (Wildman–Crippen MR) is 108 cm³/mol. The van der Waals surface area contributed by atoms with Crippen LogP contribution in [-0.2, 0) is 16.0 Å². The molecule has 0 radical (unpaired) electrons. The van der Waals surface area contributed by atoms with Crippen LogP contribution in [0.3, 0.4) is 0 Å². The second kappa shape index (κ2) is 11.5. The molecule has 0 saturated carbocycles. The lowest BCUT2D eigenvalue weighted by molar-refractivity contribution is -0.131. The number of aliphatic hydroxyl groups excluding tert-OH is 2. The van der Waals surface area contributed by atoms with Gasteiger partial charge in [-0.1, -0.05) is 11.8 Å². The molecule has 156 valence electrons. The molecule has 0 aliphatic rings. The van der Waals surface area contributed by atoms with E-state index in [0.29, 0.717) is 5.56 Å². The lowest BCUT2D eigenvalue weighted by Gasteiger charge is -2.33. The number of hydrogen-bond donors (Lipinski definition) is 5. The van der Waals surface area contributed by atoms with E-state index in [2.05, 4.69) is 29.0 Å².